The van der Waals surface area contributed by atoms with Crippen LogP contribution in [0.5, 0.6) is 5.75 Å². The Morgan fingerprint density at radius 1 is 1.00 bits per heavy atom. The lowest BCUT2D eigenvalue weighted by atomic mass is 9.66. The first-order chi connectivity index (χ1) is 13.2. The molecular formula is C22H27BO5. The zero-order valence-electron chi connectivity index (χ0n) is 16.8. The number of benzene rings is 2. The van der Waals surface area contributed by atoms with Gasteiger partial charge in [0.2, 0.25) is 0 Å². The van der Waals surface area contributed by atoms with Crippen molar-refractivity contribution < 1.29 is 23.9 Å². The van der Waals surface area contributed by atoms with E-state index in [2.05, 4.69) is 0 Å². The molecule has 0 radical (unpaired) electrons. The summed E-state index contributed by atoms with van der Waals surface area (Å²) in [4.78, 5) is 11.5. The van der Waals surface area contributed by atoms with E-state index in [1.54, 1.807) is 0 Å². The Morgan fingerprint density at radius 3 is 2.11 bits per heavy atom. The normalized spacial score (nSPS) is 18.6. The highest BCUT2D eigenvalue weighted by molar-refractivity contribution is 6.48. The minimum atomic E-state index is -0.885. The second-order valence-corrected chi connectivity index (χ2v) is 8.17. The van der Waals surface area contributed by atoms with Crippen LogP contribution < -0.4 is 4.74 Å². The minimum absolute atomic E-state index is 0.0684. The van der Waals surface area contributed by atoms with Gasteiger partial charge in [-0.2, -0.15) is 0 Å². The van der Waals surface area contributed by atoms with E-state index in [9.17, 15) is 9.90 Å². The molecule has 2 aromatic carbocycles. The van der Waals surface area contributed by atoms with Gasteiger partial charge < -0.3 is 19.2 Å². The standard InChI is InChI=1S/C22H27BO5/c1-21(2)22(3,4)28-23(27-21)19(14-20(24)25)17-10-12-18(13-11-17)26-15-16-8-6-5-7-9-16/h5-13,19H,14-15H2,1-4H3,(H,24,25). The number of ether oxygens (including phenoxy) is 1. The topological polar surface area (TPSA) is 65.0 Å². The lowest BCUT2D eigenvalue weighted by Crippen LogP contribution is -2.41. The molecule has 0 amide bonds. The maximum atomic E-state index is 11.5. The molecule has 28 heavy (non-hydrogen) atoms. The van der Waals surface area contributed by atoms with Crippen molar-refractivity contribution in [3.63, 3.8) is 0 Å². The monoisotopic (exact) mass is 382 g/mol. The number of carboxylic acid groups (broad SMARTS) is 1. The maximum absolute atomic E-state index is 11.5. The van der Waals surface area contributed by atoms with Gasteiger partial charge >= 0.3 is 13.1 Å². The third-order valence-electron chi connectivity index (χ3n) is 5.55. The molecule has 0 bridgehead atoms. The number of hydrogen-bond donors (Lipinski definition) is 1. The van der Waals surface area contributed by atoms with Crippen LogP contribution >= 0.6 is 0 Å². The molecule has 1 aliphatic rings. The summed E-state index contributed by atoms with van der Waals surface area (Å²) in [5, 5.41) is 9.39. The predicted molar refractivity (Wildman–Crippen MR) is 108 cm³/mol. The zero-order chi connectivity index (χ0) is 20.4. The number of aliphatic carboxylic acids is 1. The van der Waals surface area contributed by atoms with Gasteiger partial charge in [0.1, 0.15) is 12.4 Å². The van der Waals surface area contributed by atoms with Crippen molar-refractivity contribution in [1.82, 2.24) is 0 Å². The molecule has 1 saturated heterocycles. The van der Waals surface area contributed by atoms with Gasteiger partial charge in [-0.05, 0) is 51.0 Å². The lowest BCUT2D eigenvalue weighted by molar-refractivity contribution is -0.137. The van der Waals surface area contributed by atoms with E-state index in [0.29, 0.717) is 6.61 Å². The fraction of sp³-hybridized carbons (Fsp3) is 0.409. The smallest absolute Gasteiger partial charge is 0.466 e. The SMILES string of the molecule is CC1(C)OB(C(CC(=O)O)c2ccc(OCc3ccccc3)cc2)OC1(C)C. The molecule has 0 aromatic heterocycles. The summed E-state index contributed by atoms with van der Waals surface area (Å²) in [7, 11) is -0.614. The average Bonchev–Trinajstić information content (AvgIpc) is 2.86. The Labute approximate surface area is 166 Å². The molecule has 1 fully saturated rings. The number of hydrogen-bond acceptors (Lipinski definition) is 4. The molecule has 1 unspecified atom stereocenters. The maximum Gasteiger partial charge on any atom is 0.466 e. The summed E-state index contributed by atoms with van der Waals surface area (Å²) < 4.78 is 18.0. The van der Waals surface area contributed by atoms with Gasteiger partial charge in [-0.3, -0.25) is 4.79 Å². The van der Waals surface area contributed by atoms with Gasteiger partial charge in [0, 0.05) is 5.82 Å². The second-order valence-electron chi connectivity index (χ2n) is 8.17. The quantitative estimate of drug-likeness (QED) is 0.717. The second kappa shape index (κ2) is 7.98. The highest BCUT2D eigenvalue weighted by atomic mass is 16.7. The van der Waals surface area contributed by atoms with E-state index >= 15 is 0 Å². The summed E-state index contributed by atoms with van der Waals surface area (Å²) in [5.41, 5.74) is 0.931. The Hall–Kier alpha value is -2.31. The molecule has 5 nitrogen and oxygen atoms in total. The average molecular weight is 382 g/mol. The summed E-state index contributed by atoms with van der Waals surface area (Å²) in [6.07, 6.45) is -0.0684. The van der Waals surface area contributed by atoms with Crippen LogP contribution in [0.1, 0.15) is 51.1 Å². The molecule has 0 aliphatic carbocycles. The molecule has 0 spiro atoms. The fourth-order valence-corrected chi connectivity index (χ4v) is 3.16. The minimum Gasteiger partial charge on any atom is -0.489 e. The molecule has 2 aromatic rings. The van der Waals surface area contributed by atoms with Crippen LogP contribution in [-0.4, -0.2) is 29.4 Å². The van der Waals surface area contributed by atoms with E-state index in [0.717, 1.165) is 16.9 Å². The van der Waals surface area contributed by atoms with Crippen LogP contribution in [0.4, 0.5) is 0 Å². The molecule has 1 aliphatic heterocycles. The van der Waals surface area contributed by atoms with Crippen molar-refractivity contribution in [3.05, 3.63) is 65.7 Å². The Kier molecular flexibility index (Phi) is 5.82. The highest BCUT2D eigenvalue weighted by Gasteiger charge is 2.54. The summed E-state index contributed by atoms with van der Waals surface area (Å²) in [5.74, 6) is -0.554. The van der Waals surface area contributed by atoms with Crippen LogP contribution in [0.3, 0.4) is 0 Å². The van der Waals surface area contributed by atoms with E-state index in [1.165, 1.54) is 0 Å². The van der Waals surface area contributed by atoms with E-state index < -0.39 is 30.1 Å². The van der Waals surface area contributed by atoms with Gasteiger partial charge in [-0.15, -0.1) is 0 Å². The largest absolute Gasteiger partial charge is 0.489 e. The molecule has 6 heteroatoms. The first kappa shape index (κ1) is 20.4. The Morgan fingerprint density at radius 2 is 1.57 bits per heavy atom. The molecular weight excluding hydrogens is 355 g/mol. The zero-order valence-corrected chi connectivity index (χ0v) is 16.8. The molecule has 1 N–H and O–H groups in total. The molecule has 1 atom stereocenters. The predicted octanol–water partition coefficient (Wildman–Crippen LogP) is 4.46. The molecule has 148 valence electrons. The number of carboxylic acids is 1. The Bertz CT molecular complexity index is 785. The van der Waals surface area contributed by atoms with Crippen molar-refractivity contribution in [2.45, 2.75) is 57.7 Å². The first-order valence-electron chi connectivity index (χ1n) is 9.52. The van der Waals surface area contributed by atoms with Crippen molar-refractivity contribution >= 4 is 13.1 Å². The van der Waals surface area contributed by atoms with Gasteiger partial charge in [-0.1, -0.05) is 42.5 Å². The van der Waals surface area contributed by atoms with E-state index in [-0.39, 0.29) is 6.42 Å². The van der Waals surface area contributed by atoms with Crippen LogP contribution in [0.15, 0.2) is 54.6 Å². The van der Waals surface area contributed by atoms with Crippen LogP contribution in [0.2, 0.25) is 0 Å². The molecule has 0 saturated carbocycles. The lowest BCUT2D eigenvalue weighted by Gasteiger charge is -2.32. The number of carbonyl (C=O) groups is 1. The van der Waals surface area contributed by atoms with Gasteiger partial charge in [0.15, 0.2) is 0 Å². The third kappa shape index (κ3) is 4.57. The van der Waals surface area contributed by atoms with Gasteiger partial charge in [-0.25, -0.2) is 0 Å². The summed E-state index contributed by atoms with van der Waals surface area (Å²) in [6, 6.07) is 17.4. The van der Waals surface area contributed by atoms with Crippen molar-refractivity contribution in [3.8, 4) is 5.75 Å². The third-order valence-corrected chi connectivity index (χ3v) is 5.55. The molecule has 3 rings (SSSR count). The van der Waals surface area contributed by atoms with E-state index in [4.69, 9.17) is 14.0 Å². The summed E-state index contributed by atoms with van der Waals surface area (Å²) in [6.45, 7) is 8.34. The number of rotatable bonds is 7. The van der Waals surface area contributed by atoms with E-state index in [1.807, 2.05) is 82.3 Å². The fourth-order valence-electron chi connectivity index (χ4n) is 3.16. The van der Waals surface area contributed by atoms with Crippen molar-refractivity contribution in [2.24, 2.45) is 0 Å². The van der Waals surface area contributed by atoms with Crippen LogP contribution in [0.25, 0.3) is 0 Å². The summed E-state index contributed by atoms with van der Waals surface area (Å²) >= 11 is 0. The molecule has 1 heterocycles. The first-order valence-corrected chi connectivity index (χ1v) is 9.52. The van der Waals surface area contributed by atoms with Crippen LogP contribution in [0, 0.1) is 0 Å². The van der Waals surface area contributed by atoms with Crippen LogP contribution in [-0.2, 0) is 20.7 Å². The van der Waals surface area contributed by atoms with Crippen molar-refractivity contribution in [1.29, 1.82) is 0 Å². The van der Waals surface area contributed by atoms with Crippen molar-refractivity contribution in [2.75, 3.05) is 0 Å². The van der Waals surface area contributed by atoms with Gasteiger partial charge in [0.05, 0.1) is 17.6 Å². The Balaban J connectivity index is 1.73. The highest BCUT2D eigenvalue weighted by Crippen LogP contribution is 2.41. The van der Waals surface area contributed by atoms with Gasteiger partial charge in [0.25, 0.3) is 0 Å².